The van der Waals surface area contributed by atoms with Crippen molar-refractivity contribution in [1.29, 1.82) is 0 Å². The van der Waals surface area contributed by atoms with Crippen molar-refractivity contribution in [3.05, 3.63) is 47.7 Å². The molecule has 7 nitrogen and oxygen atoms in total. The Balaban J connectivity index is 1.71. The van der Waals surface area contributed by atoms with Crippen molar-refractivity contribution in [3.8, 4) is 11.5 Å². The van der Waals surface area contributed by atoms with Gasteiger partial charge in [0.1, 0.15) is 12.1 Å². The number of methoxy groups -OCH3 is 2. The van der Waals surface area contributed by atoms with Gasteiger partial charge in [-0.3, -0.25) is 0 Å². The van der Waals surface area contributed by atoms with E-state index >= 15 is 0 Å². The molecule has 1 aromatic heterocycles. The molecule has 8 heteroatoms. The highest BCUT2D eigenvalue weighted by molar-refractivity contribution is 6.30. The maximum atomic E-state index is 6.14. The molecule has 0 saturated carbocycles. The van der Waals surface area contributed by atoms with Crippen molar-refractivity contribution in [2.75, 3.05) is 32.8 Å². The Morgan fingerprint density at radius 2 is 1.71 bits per heavy atom. The zero-order valence-corrected chi connectivity index (χ0v) is 16.3. The number of halogens is 1. The van der Waals surface area contributed by atoms with Crippen LogP contribution in [0.5, 0.6) is 11.5 Å². The molecule has 2 aromatic carbocycles. The van der Waals surface area contributed by atoms with Gasteiger partial charge >= 0.3 is 0 Å². The number of ether oxygens (including phenoxy) is 4. The molecule has 1 N–H and O–H groups in total. The summed E-state index contributed by atoms with van der Waals surface area (Å²) in [4.78, 5) is 8.74. The average Bonchev–Trinajstić information content (AvgIpc) is 2.68. The van der Waals surface area contributed by atoms with Crippen LogP contribution in [0, 0.1) is 0 Å². The van der Waals surface area contributed by atoms with Gasteiger partial charge in [-0.05, 0) is 24.3 Å². The van der Waals surface area contributed by atoms with Crippen molar-refractivity contribution >= 4 is 34.0 Å². The first-order valence-corrected chi connectivity index (χ1v) is 9.18. The minimum absolute atomic E-state index is 0.263. The van der Waals surface area contributed by atoms with Gasteiger partial charge in [0.05, 0.1) is 18.7 Å². The normalized spacial score (nSPS) is 18.2. The Morgan fingerprint density at radius 1 is 1.00 bits per heavy atom. The fourth-order valence-electron chi connectivity index (χ4n) is 3.14. The van der Waals surface area contributed by atoms with E-state index in [2.05, 4.69) is 15.3 Å². The Labute approximate surface area is 167 Å². The number of nitrogens with zero attached hydrogens (tertiary/aromatic N) is 2. The van der Waals surface area contributed by atoms with Crippen LogP contribution < -0.4 is 14.8 Å². The van der Waals surface area contributed by atoms with Gasteiger partial charge in [-0.25, -0.2) is 9.97 Å². The van der Waals surface area contributed by atoms with E-state index in [4.69, 9.17) is 30.5 Å². The quantitative estimate of drug-likeness (QED) is 0.672. The van der Waals surface area contributed by atoms with E-state index in [1.54, 1.807) is 14.2 Å². The number of anilines is 2. The number of nitrogens with one attached hydrogen (secondary N) is 1. The zero-order chi connectivity index (χ0) is 19.5. The Bertz CT molecular complexity index is 985. The lowest BCUT2D eigenvalue weighted by Gasteiger charge is -2.33. The third kappa shape index (κ3) is 3.82. The SMILES string of the molecule is COC[C@H]1Oc2cc3ncnc(Nc4cccc(Cl)c4)c3cc2O[C@@H]1COC. The molecule has 3 aromatic rings. The van der Waals surface area contributed by atoms with Crippen LogP contribution in [-0.2, 0) is 9.47 Å². The second-order valence-electron chi connectivity index (χ2n) is 6.40. The summed E-state index contributed by atoms with van der Waals surface area (Å²) in [6, 6.07) is 11.2. The van der Waals surface area contributed by atoms with Crippen molar-refractivity contribution in [2.24, 2.45) is 0 Å². The molecule has 0 spiro atoms. The van der Waals surface area contributed by atoms with E-state index in [1.807, 2.05) is 36.4 Å². The second kappa shape index (κ2) is 8.18. The summed E-state index contributed by atoms with van der Waals surface area (Å²) in [5.41, 5.74) is 1.57. The lowest BCUT2D eigenvalue weighted by Crippen LogP contribution is -2.45. The number of hydrogen-bond acceptors (Lipinski definition) is 7. The summed E-state index contributed by atoms with van der Waals surface area (Å²) in [5.74, 6) is 1.89. The Morgan fingerprint density at radius 3 is 2.39 bits per heavy atom. The molecule has 2 heterocycles. The number of fused-ring (bicyclic) bond motifs is 2. The summed E-state index contributed by atoms with van der Waals surface area (Å²) in [6.45, 7) is 0.793. The molecule has 28 heavy (non-hydrogen) atoms. The van der Waals surface area contributed by atoms with Crippen molar-refractivity contribution in [3.63, 3.8) is 0 Å². The predicted octanol–water partition coefficient (Wildman–Crippen LogP) is 3.83. The standard InChI is InChI=1S/C20H20ClN3O4/c1-25-9-18-19(10-26-2)28-17-8-15-14(7-16(17)27-18)20(23-11-22-15)24-13-5-3-4-12(21)6-13/h3-8,11,18-19H,9-10H2,1-2H3,(H,22,23,24)/t18-,19-/m1/s1. The van der Waals surface area contributed by atoms with Gasteiger partial charge in [0.15, 0.2) is 23.7 Å². The van der Waals surface area contributed by atoms with Crippen molar-refractivity contribution in [1.82, 2.24) is 9.97 Å². The first-order valence-electron chi connectivity index (χ1n) is 8.80. The van der Waals surface area contributed by atoms with Crippen molar-refractivity contribution < 1.29 is 18.9 Å². The van der Waals surface area contributed by atoms with Gasteiger partial charge in [0.2, 0.25) is 0 Å². The fourth-order valence-corrected chi connectivity index (χ4v) is 3.33. The molecule has 0 bridgehead atoms. The lowest BCUT2D eigenvalue weighted by atomic mass is 10.1. The van der Waals surface area contributed by atoms with E-state index in [0.29, 0.717) is 35.6 Å². The second-order valence-corrected chi connectivity index (χ2v) is 6.83. The maximum absolute atomic E-state index is 6.14. The molecule has 0 saturated heterocycles. The van der Waals surface area contributed by atoms with E-state index in [0.717, 1.165) is 16.6 Å². The monoisotopic (exact) mass is 401 g/mol. The third-order valence-electron chi connectivity index (χ3n) is 4.42. The smallest absolute Gasteiger partial charge is 0.164 e. The van der Waals surface area contributed by atoms with Crippen LogP contribution in [0.15, 0.2) is 42.7 Å². The predicted molar refractivity (Wildman–Crippen MR) is 107 cm³/mol. The van der Waals surface area contributed by atoms with Crippen molar-refractivity contribution in [2.45, 2.75) is 12.2 Å². The van der Waals surface area contributed by atoms with Gasteiger partial charge in [-0.15, -0.1) is 0 Å². The van der Waals surface area contributed by atoms with Gasteiger partial charge in [-0.2, -0.15) is 0 Å². The summed E-state index contributed by atoms with van der Waals surface area (Å²) in [7, 11) is 3.26. The molecule has 0 aliphatic carbocycles. The molecule has 4 rings (SSSR count). The van der Waals surface area contributed by atoms with E-state index in [-0.39, 0.29) is 12.2 Å². The van der Waals surface area contributed by atoms with E-state index in [9.17, 15) is 0 Å². The Hall–Kier alpha value is -2.61. The molecule has 0 radical (unpaired) electrons. The van der Waals surface area contributed by atoms with Crippen LogP contribution >= 0.6 is 11.6 Å². The zero-order valence-electron chi connectivity index (χ0n) is 15.5. The van der Waals surface area contributed by atoms with Gasteiger partial charge in [0, 0.05) is 36.4 Å². The molecule has 0 fully saturated rings. The van der Waals surface area contributed by atoms with Crippen LogP contribution in [0.2, 0.25) is 5.02 Å². The molecular weight excluding hydrogens is 382 g/mol. The number of rotatable bonds is 6. The molecule has 0 amide bonds. The molecule has 0 unspecified atom stereocenters. The van der Waals surface area contributed by atoms with Gasteiger partial charge in [0.25, 0.3) is 0 Å². The highest BCUT2D eigenvalue weighted by atomic mass is 35.5. The number of hydrogen-bond donors (Lipinski definition) is 1. The van der Waals surface area contributed by atoms with Crippen LogP contribution in [0.25, 0.3) is 10.9 Å². The number of aromatic nitrogens is 2. The van der Waals surface area contributed by atoms with Gasteiger partial charge in [-0.1, -0.05) is 17.7 Å². The molecular formula is C20H20ClN3O4. The minimum atomic E-state index is -0.274. The van der Waals surface area contributed by atoms with Crippen LogP contribution in [0.3, 0.4) is 0 Å². The summed E-state index contributed by atoms with van der Waals surface area (Å²) < 4.78 is 22.7. The topological polar surface area (TPSA) is 74.7 Å². The van der Waals surface area contributed by atoms with Gasteiger partial charge < -0.3 is 24.3 Å². The minimum Gasteiger partial charge on any atom is -0.480 e. The Kier molecular flexibility index (Phi) is 5.47. The van der Waals surface area contributed by atoms with E-state index in [1.165, 1.54) is 6.33 Å². The number of benzene rings is 2. The first-order chi connectivity index (χ1) is 13.7. The average molecular weight is 402 g/mol. The molecule has 1 aliphatic heterocycles. The van der Waals surface area contributed by atoms with Crippen LogP contribution in [0.1, 0.15) is 0 Å². The summed E-state index contributed by atoms with van der Waals surface area (Å²) in [6.07, 6.45) is 0.968. The molecule has 1 aliphatic rings. The van der Waals surface area contributed by atoms with Crippen LogP contribution in [0.4, 0.5) is 11.5 Å². The highest BCUT2D eigenvalue weighted by Crippen LogP contribution is 2.39. The first kappa shape index (κ1) is 18.7. The molecule has 146 valence electrons. The summed E-state index contributed by atoms with van der Waals surface area (Å²) >= 11 is 6.08. The summed E-state index contributed by atoms with van der Waals surface area (Å²) in [5, 5.41) is 4.74. The van der Waals surface area contributed by atoms with Crippen LogP contribution in [-0.4, -0.2) is 49.6 Å². The third-order valence-corrected chi connectivity index (χ3v) is 4.66. The largest absolute Gasteiger partial charge is 0.480 e. The van der Waals surface area contributed by atoms with E-state index < -0.39 is 0 Å². The fraction of sp³-hybridized carbons (Fsp3) is 0.300. The lowest BCUT2D eigenvalue weighted by molar-refractivity contribution is -0.0513. The maximum Gasteiger partial charge on any atom is 0.164 e. The highest BCUT2D eigenvalue weighted by Gasteiger charge is 2.32. The molecule has 2 atom stereocenters.